The second kappa shape index (κ2) is 10.2. The number of esters is 1. The third-order valence-electron chi connectivity index (χ3n) is 5.05. The summed E-state index contributed by atoms with van der Waals surface area (Å²) in [5.41, 5.74) is 2.35. The molecule has 33 heavy (non-hydrogen) atoms. The van der Waals surface area contributed by atoms with Gasteiger partial charge in [0.25, 0.3) is 0 Å². The molecule has 3 heterocycles. The van der Waals surface area contributed by atoms with Crippen LogP contribution in [-0.4, -0.2) is 60.9 Å². The van der Waals surface area contributed by atoms with Gasteiger partial charge in [0.1, 0.15) is 5.82 Å². The predicted molar refractivity (Wildman–Crippen MR) is 120 cm³/mol. The Bertz CT molecular complexity index is 1140. The predicted octanol–water partition coefficient (Wildman–Crippen LogP) is 3.44. The van der Waals surface area contributed by atoms with Gasteiger partial charge in [-0.2, -0.15) is 4.98 Å². The fraction of sp³-hybridized carbons (Fsp3) is 0.304. The van der Waals surface area contributed by atoms with Crippen LogP contribution in [-0.2, 0) is 9.47 Å². The number of ether oxygens (including phenoxy) is 3. The molecule has 10 heteroatoms. The van der Waals surface area contributed by atoms with E-state index >= 15 is 0 Å². The van der Waals surface area contributed by atoms with E-state index in [0.29, 0.717) is 54.9 Å². The van der Waals surface area contributed by atoms with Gasteiger partial charge >= 0.3 is 5.97 Å². The van der Waals surface area contributed by atoms with Crippen LogP contribution >= 0.6 is 0 Å². The lowest BCUT2D eigenvalue weighted by molar-refractivity contribution is 0.0526. The number of carbonyl (C=O) groups is 1. The number of aromatic nitrogens is 3. The van der Waals surface area contributed by atoms with Gasteiger partial charge in [-0.1, -0.05) is 0 Å². The van der Waals surface area contributed by atoms with E-state index in [4.69, 9.17) is 19.2 Å². The highest BCUT2D eigenvalue weighted by molar-refractivity contribution is 5.91. The quantitative estimate of drug-likeness (QED) is 0.539. The Morgan fingerprint density at radius 1 is 1.21 bits per heavy atom. The van der Waals surface area contributed by atoms with Crippen LogP contribution in [0, 0.1) is 5.82 Å². The Hall–Kier alpha value is -3.79. The first-order valence-electron chi connectivity index (χ1n) is 10.5. The molecule has 2 aromatic heterocycles. The van der Waals surface area contributed by atoms with Gasteiger partial charge in [-0.15, -0.1) is 0 Å². The lowest BCUT2D eigenvalue weighted by Gasteiger charge is -2.29. The maximum Gasteiger partial charge on any atom is 0.339 e. The molecule has 1 aliphatic heterocycles. The molecule has 1 fully saturated rings. The third-order valence-corrected chi connectivity index (χ3v) is 5.05. The average Bonchev–Trinajstić information content (AvgIpc) is 2.86. The van der Waals surface area contributed by atoms with E-state index < -0.39 is 11.8 Å². The molecular formula is C23H24FN5O4. The van der Waals surface area contributed by atoms with E-state index in [1.165, 1.54) is 25.4 Å². The summed E-state index contributed by atoms with van der Waals surface area (Å²) in [6.45, 7) is 4.48. The Kier molecular flexibility index (Phi) is 6.94. The van der Waals surface area contributed by atoms with Crippen LogP contribution in [0.5, 0.6) is 5.75 Å². The number of halogens is 1. The van der Waals surface area contributed by atoms with Crippen molar-refractivity contribution >= 4 is 23.4 Å². The summed E-state index contributed by atoms with van der Waals surface area (Å²) in [6, 6.07) is 6.14. The Balaban J connectivity index is 1.70. The minimum absolute atomic E-state index is 0.117. The highest BCUT2D eigenvalue weighted by atomic mass is 19.1. The Labute approximate surface area is 190 Å². The van der Waals surface area contributed by atoms with Gasteiger partial charge in [-0.25, -0.2) is 14.2 Å². The Morgan fingerprint density at radius 2 is 2.03 bits per heavy atom. The molecule has 4 rings (SSSR count). The zero-order chi connectivity index (χ0) is 23.2. The van der Waals surface area contributed by atoms with Crippen LogP contribution in [0.3, 0.4) is 0 Å². The number of anilines is 3. The van der Waals surface area contributed by atoms with Crippen molar-refractivity contribution in [1.82, 2.24) is 15.0 Å². The van der Waals surface area contributed by atoms with Gasteiger partial charge in [0.05, 0.1) is 32.5 Å². The molecule has 0 spiro atoms. The van der Waals surface area contributed by atoms with Gasteiger partial charge in [0, 0.05) is 54.6 Å². The van der Waals surface area contributed by atoms with Crippen molar-refractivity contribution in [3.8, 4) is 16.9 Å². The molecule has 0 unspecified atom stereocenters. The number of methoxy groups -OCH3 is 1. The molecule has 0 radical (unpaired) electrons. The molecule has 0 saturated carbocycles. The first kappa shape index (κ1) is 22.4. The number of hydrogen-bond acceptors (Lipinski definition) is 9. The summed E-state index contributed by atoms with van der Waals surface area (Å²) in [5, 5.41) is 3.09. The van der Waals surface area contributed by atoms with Gasteiger partial charge in [0.2, 0.25) is 5.95 Å². The van der Waals surface area contributed by atoms with E-state index in [-0.39, 0.29) is 12.4 Å². The molecule has 9 nitrogen and oxygen atoms in total. The van der Waals surface area contributed by atoms with E-state index in [1.54, 1.807) is 31.5 Å². The standard InChI is InChI=1S/C23H24FN5O4/c1-3-33-22(30)16-10-15(12-25-13-16)18-14-26-23(28-21(18)29-6-8-32-9-7-29)27-17-4-5-19(24)20(11-17)31-2/h4-5,10-14H,3,6-9H2,1-2H3,(H,26,27,28). The summed E-state index contributed by atoms with van der Waals surface area (Å²) in [5.74, 6) is 0.231. The van der Waals surface area contributed by atoms with Gasteiger partial charge in [-0.3, -0.25) is 4.98 Å². The average molecular weight is 453 g/mol. The minimum atomic E-state index is -0.456. The lowest BCUT2D eigenvalue weighted by Crippen LogP contribution is -2.37. The minimum Gasteiger partial charge on any atom is -0.494 e. The first-order chi connectivity index (χ1) is 16.1. The SMILES string of the molecule is CCOC(=O)c1cncc(-c2cnc(Nc3ccc(F)c(OC)c3)nc2N2CCOCC2)c1. The summed E-state index contributed by atoms with van der Waals surface area (Å²) in [6.07, 6.45) is 4.80. The maximum atomic E-state index is 13.8. The topological polar surface area (TPSA) is 98.7 Å². The van der Waals surface area contributed by atoms with Crippen molar-refractivity contribution in [3.05, 3.63) is 54.2 Å². The third kappa shape index (κ3) is 5.17. The zero-order valence-electron chi connectivity index (χ0n) is 18.4. The van der Waals surface area contributed by atoms with Crippen molar-refractivity contribution in [2.45, 2.75) is 6.92 Å². The molecule has 3 aromatic rings. The highest BCUT2D eigenvalue weighted by Crippen LogP contribution is 2.31. The highest BCUT2D eigenvalue weighted by Gasteiger charge is 2.20. The van der Waals surface area contributed by atoms with E-state index in [0.717, 1.165) is 5.56 Å². The normalized spacial score (nSPS) is 13.5. The van der Waals surface area contributed by atoms with Crippen LogP contribution in [0.1, 0.15) is 17.3 Å². The van der Waals surface area contributed by atoms with Crippen molar-refractivity contribution in [3.63, 3.8) is 0 Å². The number of carbonyl (C=O) groups excluding carboxylic acids is 1. The number of rotatable bonds is 7. The lowest BCUT2D eigenvalue weighted by atomic mass is 10.1. The van der Waals surface area contributed by atoms with Crippen LogP contribution < -0.4 is 15.0 Å². The second-order valence-electron chi connectivity index (χ2n) is 7.19. The van der Waals surface area contributed by atoms with Crippen LogP contribution in [0.2, 0.25) is 0 Å². The monoisotopic (exact) mass is 453 g/mol. The Morgan fingerprint density at radius 3 is 2.79 bits per heavy atom. The molecule has 0 bridgehead atoms. The first-order valence-corrected chi connectivity index (χ1v) is 10.5. The fourth-order valence-electron chi connectivity index (χ4n) is 3.43. The van der Waals surface area contributed by atoms with E-state index in [1.807, 2.05) is 0 Å². The van der Waals surface area contributed by atoms with Crippen molar-refractivity contribution < 1.29 is 23.4 Å². The largest absolute Gasteiger partial charge is 0.494 e. The van der Waals surface area contributed by atoms with Gasteiger partial charge in [-0.05, 0) is 25.1 Å². The van der Waals surface area contributed by atoms with Crippen molar-refractivity contribution in [2.24, 2.45) is 0 Å². The van der Waals surface area contributed by atoms with Crippen LogP contribution in [0.4, 0.5) is 21.8 Å². The van der Waals surface area contributed by atoms with Crippen molar-refractivity contribution in [2.75, 3.05) is 50.2 Å². The number of pyridine rings is 1. The van der Waals surface area contributed by atoms with Crippen LogP contribution in [0.25, 0.3) is 11.1 Å². The summed E-state index contributed by atoms with van der Waals surface area (Å²) < 4.78 is 29.4. The van der Waals surface area contributed by atoms with Gasteiger partial charge in [0.15, 0.2) is 11.6 Å². The summed E-state index contributed by atoms with van der Waals surface area (Å²) >= 11 is 0. The number of benzene rings is 1. The van der Waals surface area contributed by atoms with Gasteiger partial charge < -0.3 is 24.4 Å². The molecule has 1 N–H and O–H groups in total. The number of nitrogens with one attached hydrogen (secondary N) is 1. The second-order valence-corrected chi connectivity index (χ2v) is 7.19. The van der Waals surface area contributed by atoms with E-state index in [9.17, 15) is 9.18 Å². The summed E-state index contributed by atoms with van der Waals surface area (Å²) in [4.78, 5) is 27.6. The maximum absolute atomic E-state index is 13.8. The molecular weight excluding hydrogens is 429 g/mol. The van der Waals surface area contributed by atoms with Crippen molar-refractivity contribution in [1.29, 1.82) is 0 Å². The number of morpholine rings is 1. The molecule has 0 aliphatic carbocycles. The molecule has 1 aromatic carbocycles. The number of hydrogen-bond donors (Lipinski definition) is 1. The number of nitrogens with zero attached hydrogens (tertiary/aromatic N) is 4. The summed E-state index contributed by atoms with van der Waals surface area (Å²) in [7, 11) is 1.41. The molecule has 1 aliphatic rings. The molecule has 1 saturated heterocycles. The smallest absolute Gasteiger partial charge is 0.339 e. The molecule has 0 amide bonds. The molecule has 172 valence electrons. The molecule has 0 atom stereocenters. The van der Waals surface area contributed by atoms with E-state index in [2.05, 4.69) is 20.2 Å². The van der Waals surface area contributed by atoms with Crippen LogP contribution in [0.15, 0.2) is 42.9 Å². The fourth-order valence-corrected chi connectivity index (χ4v) is 3.43. The zero-order valence-corrected chi connectivity index (χ0v) is 18.4.